The number of benzene rings is 3. The van der Waals surface area contributed by atoms with Gasteiger partial charge in [0.25, 0.3) is 0 Å². The maximum atomic E-state index is 14.3. The summed E-state index contributed by atoms with van der Waals surface area (Å²) in [7, 11) is 2.64. The first kappa shape index (κ1) is 42.6. The van der Waals surface area contributed by atoms with Crippen molar-refractivity contribution in [2.75, 3.05) is 34.0 Å². The number of nitrogens with one attached hydrogen (secondary N) is 4. The summed E-state index contributed by atoms with van der Waals surface area (Å²) in [6.07, 6.45) is 3.52. The highest BCUT2D eigenvalue weighted by molar-refractivity contribution is 6.07. The number of alkyl carbamates (subject to hydrolysis) is 2. The number of rotatable bonds is 10. The van der Waals surface area contributed by atoms with Crippen LogP contribution in [-0.2, 0) is 25.6 Å². The molecular formula is C47H58N8O8. The van der Waals surface area contributed by atoms with Gasteiger partial charge >= 0.3 is 12.2 Å². The van der Waals surface area contributed by atoms with E-state index in [-0.39, 0.29) is 41.8 Å². The minimum Gasteiger partial charge on any atom is -0.488 e. The van der Waals surface area contributed by atoms with Gasteiger partial charge in [-0.3, -0.25) is 9.69 Å². The van der Waals surface area contributed by atoms with Crippen LogP contribution in [0.15, 0.2) is 48.7 Å². The molecule has 6 heterocycles. The van der Waals surface area contributed by atoms with Crippen molar-refractivity contribution in [1.82, 2.24) is 40.4 Å². The van der Waals surface area contributed by atoms with Crippen molar-refractivity contribution >= 4 is 39.9 Å². The second-order valence-electron chi connectivity index (χ2n) is 18.1. The largest absolute Gasteiger partial charge is 0.488 e. The number of carbonyl (C=O) groups excluding carboxylic acids is 3. The molecule has 16 nitrogen and oxygen atoms in total. The molecule has 0 saturated carbocycles. The van der Waals surface area contributed by atoms with Gasteiger partial charge in [-0.15, -0.1) is 0 Å². The lowest BCUT2D eigenvalue weighted by Gasteiger charge is -2.38. The molecule has 63 heavy (non-hydrogen) atoms. The van der Waals surface area contributed by atoms with Gasteiger partial charge in [-0.2, -0.15) is 0 Å². The van der Waals surface area contributed by atoms with Gasteiger partial charge in [-0.05, 0) is 103 Å². The summed E-state index contributed by atoms with van der Waals surface area (Å²) in [4.78, 5) is 59.9. The predicted molar refractivity (Wildman–Crippen MR) is 236 cm³/mol. The Kier molecular flexibility index (Phi) is 11.8. The predicted octanol–water partition coefficient (Wildman–Crippen LogP) is 6.95. The minimum absolute atomic E-state index is 0.0313. The van der Waals surface area contributed by atoms with Gasteiger partial charge in [0.1, 0.15) is 36.3 Å². The van der Waals surface area contributed by atoms with E-state index >= 15 is 0 Å². The molecule has 3 aromatic carbocycles. The molecule has 3 saturated heterocycles. The Morgan fingerprint density at radius 2 is 1.68 bits per heavy atom. The number of hydrogen-bond acceptors (Lipinski definition) is 11. The third kappa shape index (κ3) is 8.08. The second-order valence-corrected chi connectivity index (χ2v) is 18.1. The average molecular weight is 863 g/mol. The molecule has 5 N–H and O–H groups in total. The molecule has 0 radical (unpaired) electrons. The average Bonchev–Trinajstić information content (AvgIpc) is 4.12. The first-order valence-electron chi connectivity index (χ1n) is 22.2. The van der Waals surface area contributed by atoms with E-state index in [1.807, 2.05) is 35.9 Å². The van der Waals surface area contributed by atoms with Crippen LogP contribution in [0.1, 0.15) is 89.1 Å². The number of H-pyrrole nitrogens is 2. The Labute approximate surface area is 366 Å². The Morgan fingerprint density at radius 3 is 2.44 bits per heavy atom. The van der Waals surface area contributed by atoms with E-state index < -0.39 is 30.5 Å². The fraction of sp³-hybridized carbons (Fsp3) is 0.511. The van der Waals surface area contributed by atoms with E-state index in [0.29, 0.717) is 39.2 Å². The Morgan fingerprint density at radius 1 is 0.905 bits per heavy atom. The van der Waals surface area contributed by atoms with Crippen LogP contribution in [0.4, 0.5) is 9.59 Å². The van der Waals surface area contributed by atoms with Gasteiger partial charge in [-0.1, -0.05) is 39.0 Å². The first-order chi connectivity index (χ1) is 30.4. The molecule has 0 bridgehead atoms. The SMILES string of the molecule is COC(=O)N[C@@H](C(C)C)C(O)N1[C@@H](C)CC[C@H]1c1ncc(-c2ccc3c(c2)COc2cc4c(ccc5[nH]c([C@@H]6C[C@H](C)CN6C(=O)[C@@H](NC(=O)OC)C6CCOCC6)nc54)cc2-3)[nH]1. The lowest BCUT2D eigenvalue weighted by molar-refractivity contribution is -0.137. The molecule has 16 heteroatoms. The van der Waals surface area contributed by atoms with Crippen molar-refractivity contribution in [3.8, 4) is 28.1 Å². The zero-order valence-electron chi connectivity index (χ0n) is 36.8. The fourth-order valence-electron chi connectivity index (χ4n) is 10.3. The molecule has 4 aliphatic heterocycles. The summed E-state index contributed by atoms with van der Waals surface area (Å²) in [5.74, 6) is 2.30. The molecule has 7 atom stereocenters. The highest BCUT2D eigenvalue weighted by Crippen LogP contribution is 2.44. The van der Waals surface area contributed by atoms with Crippen molar-refractivity contribution in [3.63, 3.8) is 0 Å². The standard InChI is InChI=1S/C47H58N8O8/c1-24(2)39(52-46(58)60-5)45(57)55-26(4)7-12-36(55)42-48-21-35(50-42)29-8-10-31-30(18-29)23-63-38-20-32-28(19-33(31)38)9-11-34-41(32)51-43(49-34)37-17-25(3)22-54(37)44(56)40(53-47(59)61-6)27-13-15-62-16-14-27/h8-11,18-21,24-27,36-37,39-40,45,57H,7,12-17,22-23H2,1-6H3,(H,48,50)(H,49,51)(H,52,58)(H,53,59)/t25-,26-,36-,37-,39-,40-,45?/m0/s1. The molecule has 2 aromatic heterocycles. The van der Waals surface area contributed by atoms with E-state index in [1.165, 1.54) is 14.2 Å². The van der Waals surface area contributed by atoms with Crippen LogP contribution in [0.3, 0.4) is 0 Å². The van der Waals surface area contributed by atoms with Crippen LogP contribution in [0.2, 0.25) is 0 Å². The lowest BCUT2D eigenvalue weighted by atomic mass is 9.90. The number of imidazole rings is 2. The quantitative estimate of drug-likeness (QED) is 0.0975. The van der Waals surface area contributed by atoms with Gasteiger partial charge in [0.2, 0.25) is 5.91 Å². The van der Waals surface area contributed by atoms with Crippen LogP contribution < -0.4 is 15.4 Å². The van der Waals surface area contributed by atoms with E-state index in [4.69, 9.17) is 28.9 Å². The number of methoxy groups -OCH3 is 2. The molecule has 4 aliphatic rings. The highest BCUT2D eigenvalue weighted by Gasteiger charge is 2.44. The van der Waals surface area contributed by atoms with Gasteiger partial charge in [0, 0.05) is 36.8 Å². The molecule has 3 fully saturated rings. The van der Waals surface area contributed by atoms with E-state index in [9.17, 15) is 19.5 Å². The topological polar surface area (TPSA) is 196 Å². The number of amides is 3. The number of likely N-dealkylation sites (tertiary alicyclic amines) is 2. The van der Waals surface area contributed by atoms with Crippen LogP contribution in [-0.4, -0.2) is 111 Å². The molecule has 1 unspecified atom stereocenters. The van der Waals surface area contributed by atoms with Crippen LogP contribution in [0.5, 0.6) is 5.75 Å². The van der Waals surface area contributed by atoms with Crippen LogP contribution in [0.25, 0.3) is 44.2 Å². The van der Waals surface area contributed by atoms with E-state index in [0.717, 1.165) is 86.4 Å². The Hall–Kier alpha value is -5.71. The summed E-state index contributed by atoms with van der Waals surface area (Å²) in [6, 6.07) is 13.2. The number of nitrogens with zero attached hydrogens (tertiary/aromatic N) is 4. The number of aliphatic hydroxyl groups excluding tert-OH is 1. The molecule has 3 amide bonds. The minimum atomic E-state index is -0.931. The van der Waals surface area contributed by atoms with E-state index in [1.54, 1.807) is 0 Å². The maximum absolute atomic E-state index is 14.3. The number of aliphatic hydroxyl groups is 1. The van der Waals surface area contributed by atoms with Gasteiger partial charge < -0.3 is 49.6 Å². The van der Waals surface area contributed by atoms with Crippen molar-refractivity contribution in [2.24, 2.45) is 17.8 Å². The smallest absolute Gasteiger partial charge is 0.407 e. The monoisotopic (exact) mass is 862 g/mol. The summed E-state index contributed by atoms with van der Waals surface area (Å²) in [5.41, 5.74) is 6.68. The Bertz CT molecular complexity index is 2510. The number of aromatic nitrogens is 4. The normalized spacial score (nSPS) is 23.0. The van der Waals surface area contributed by atoms with E-state index in [2.05, 4.69) is 70.8 Å². The molecule has 334 valence electrons. The van der Waals surface area contributed by atoms with Crippen molar-refractivity contribution in [3.05, 3.63) is 65.9 Å². The molecule has 9 rings (SSSR count). The number of hydrogen-bond donors (Lipinski definition) is 5. The zero-order chi connectivity index (χ0) is 44.1. The summed E-state index contributed by atoms with van der Waals surface area (Å²) >= 11 is 0. The number of carbonyl (C=O) groups is 3. The second kappa shape index (κ2) is 17.5. The van der Waals surface area contributed by atoms with Gasteiger partial charge in [0.05, 0.1) is 55.3 Å². The molecule has 0 aliphatic carbocycles. The highest BCUT2D eigenvalue weighted by atomic mass is 16.5. The summed E-state index contributed by atoms with van der Waals surface area (Å²) in [5, 5.41) is 19.3. The number of aromatic amines is 2. The van der Waals surface area contributed by atoms with Gasteiger partial charge in [-0.25, -0.2) is 19.6 Å². The molecular weight excluding hydrogens is 805 g/mol. The van der Waals surface area contributed by atoms with Crippen molar-refractivity contribution in [1.29, 1.82) is 0 Å². The van der Waals surface area contributed by atoms with Gasteiger partial charge in [0.15, 0.2) is 0 Å². The lowest BCUT2D eigenvalue weighted by Crippen LogP contribution is -2.55. The van der Waals surface area contributed by atoms with Crippen LogP contribution >= 0.6 is 0 Å². The molecule has 0 spiro atoms. The first-order valence-corrected chi connectivity index (χ1v) is 22.2. The Balaban J connectivity index is 0.963. The third-order valence-corrected chi connectivity index (χ3v) is 13.7. The fourth-order valence-corrected chi connectivity index (χ4v) is 10.3. The third-order valence-electron chi connectivity index (χ3n) is 13.7. The van der Waals surface area contributed by atoms with Crippen molar-refractivity contribution < 1.29 is 38.4 Å². The molecule has 5 aromatic rings. The van der Waals surface area contributed by atoms with Crippen molar-refractivity contribution in [2.45, 2.75) is 103 Å². The zero-order valence-corrected chi connectivity index (χ0v) is 36.8. The maximum Gasteiger partial charge on any atom is 0.407 e. The summed E-state index contributed by atoms with van der Waals surface area (Å²) < 4.78 is 21.8. The number of fused-ring (bicyclic) bond motifs is 6. The number of ether oxygens (including phenoxy) is 4. The summed E-state index contributed by atoms with van der Waals surface area (Å²) in [6.45, 7) is 10.2. The van der Waals surface area contributed by atoms with Crippen LogP contribution in [0, 0.1) is 17.8 Å².